The smallest absolute Gasteiger partial charge is 0.102 e. The zero-order valence-electron chi connectivity index (χ0n) is 11.0. The molecule has 0 spiro atoms. The molecule has 3 rings (SSSR count). The Morgan fingerprint density at radius 1 is 1.10 bits per heavy atom. The average molecular weight is 276 g/mol. The van der Waals surface area contributed by atoms with Crippen molar-refractivity contribution in [3.8, 4) is 27.8 Å². The maximum Gasteiger partial charge on any atom is 0.102 e. The lowest BCUT2D eigenvalue weighted by molar-refractivity contribution is 1.19. The molecule has 96 valence electrons. The van der Waals surface area contributed by atoms with Gasteiger partial charge in [0, 0.05) is 5.56 Å². The first kappa shape index (κ1) is 12.6. The van der Waals surface area contributed by atoms with E-state index in [-0.39, 0.29) is 0 Å². The molecule has 0 N–H and O–H groups in total. The summed E-state index contributed by atoms with van der Waals surface area (Å²) in [6.45, 7) is 1.89. The predicted molar refractivity (Wildman–Crippen MR) is 82.4 cm³/mol. The van der Waals surface area contributed by atoms with Crippen LogP contribution < -0.4 is 0 Å². The molecule has 3 aromatic rings. The van der Waals surface area contributed by atoms with E-state index in [9.17, 15) is 5.26 Å². The highest BCUT2D eigenvalue weighted by atomic mass is 32.1. The summed E-state index contributed by atoms with van der Waals surface area (Å²) in [4.78, 5) is 5.68. The predicted octanol–water partition coefficient (Wildman–Crippen LogP) is 4.66. The molecule has 0 bridgehead atoms. The third-order valence-electron chi connectivity index (χ3n) is 3.17. The van der Waals surface area contributed by atoms with E-state index in [1.165, 1.54) is 0 Å². The summed E-state index contributed by atoms with van der Waals surface area (Å²) < 4.78 is 0. The molecule has 0 amide bonds. The number of aryl methyl sites for hydroxylation is 1. The van der Waals surface area contributed by atoms with Gasteiger partial charge in [-0.3, -0.25) is 4.98 Å². The fourth-order valence-electron chi connectivity index (χ4n) is 2.21. The van der Waals surface area contributed by atoms with E-state index in [2.05, 4.69) is 11.1 Å². The molecular weight excluding hydrogens is 264 g/mol. The minimum atomic E-state index is 0.650. The van der Waals surface area contributed by atoms with Crippen molar-refractivity contribution in [3.05, 3.63) is 65.2 Å². The van der Waals surface area contributed by atoms with Gasteiger partial charge in [0.2, 0.25) is 0 Å². The van der Waals surface area contributed by atoms with Gasteiger partial charge in [0.25, 0.3) is 0 Å². The summed E-state index contributed by atoms with van der Waals surface area (Å²) in [6, 6.07) is 18.3. The Bertz CT molecular complexity index is 769. The van der Waals surface area contributed by atoms with Crippen LogP contribution in [0.15, 0.2) is 53.9 Å². The van der Waals surface area contributed by atoms with Crippen LogP contribution in [-0.2, 0) is 0 Å². The lowest BCUT2D eigenvalue weighted by atomic mass is 9.98. The van der Waals surface area contributed by atoms with E-state index in [4.69, 9.17) is 0 Å². The Kier molecular flexibility index (Phi) is 3.32. The van der Waals surface area contributed by atoms with Gasteiger partial charge in [-0.05, 0) is 30.0 Å². The quantitative estimate of drug-likeness (QED) is 0.682. The second-order valence-corrected chi connectivity index (χ2v) is 5.42. The van der Waals surface area contributed by atoms with Crippen molar-refractivity contribution in [1.82, 2.24) is 4.98 Å². The SMILES string of the molecule is Cc1nc(-c2cccs2)cc(-c2ccccc2)c1C#N. The van der Waals surface area contributed by atoms with Crippen molar-refractivity contribution in [1.29, 1.82) is 5.26 Å². The van der Waals surface area contributed by atoms with Gasteiger partial charge >= 0.3 is 0 Å². The summed E-state index contributed by atoms with van der Waals surface area (Å²) >= 11 is 1.66. The summed E-state index contributed by atoms with van der Waals surface area (Å²) in [6.07, 6.45) is 0. The van der Waals surface area contributed by atoms with Gasteiger partial charge in [-0.15, -0.1) is 11.3 Å². The molecule has 0 saturated carbocycles. The molecule has 0 aliphatic carbocycles. The Morgan fingerprint density at radius 3 is 2.55 bits per heavy atom. The number of thiophene rings is 1. The van der Waals surface area contributed by atoms with Crippen molar-refractivity contribution in [2.75, 3.05) is 0 Å². The van der Waals surface area contributed by atoms with Crippen LogP contribution in [0.2, 0.25) is 0 Å². The van der Waals surface area contributed by atoms with Crippen LogP contribution in [0.3, 0.4) is 0 Å². The summed E-state index contributed by atoms with van der Waals surface area (Å²) in [7, 11) is 0. The Balaban J connectivity index is 2.25. The number of pyridine rings is 1. The number of aromatic nitrogens is 1. The summed E-state index contributed by atoms with van der Waals surface area (Å²) in [5.74, 6) is 0. The third kappa shape index (κ3) is 2.22. The molecule has 3 heteroatoms. The number of nitriles is 1. The molecule has 0 aliphatic heterocycles. The number of benzene rings is 1. The second-order valence-electron chi connectivity index (χ2n) is 4.47. The topological polar surface area (TPSA) is 36.7 Å². The monoisotopic (exact) mass is 276 g/mol. The van der Waals surface area contributed by atoms with E-state index in [0.29, 0.717) is 5.56 Å². The van der Waals surface area contributed by atoms with Crippen molar-refractivity contribution >= 4 is 11.3 Å². The Labute approximate surface area is 122 Å². The molecule has 0 saturated heterocycles. The Morgan fingerprint density at radius 2 is 1.90 bits per heavy atom. The van der Waals surface area contributed by atoms with Crippen molar-refractivity contribution in [2.45, 2.75) is 6.92 Å². The Hall–Kier alpha value is -2.44. The van der Waals surface area contributed by atoms with Gasteiger partial charge in [0.1, 0.15) is 6.07 Å². The van der Waals surface area contributed by atoms with E-state index >= 15 is 0 Å². The molecule has 1 aromatic carbocycles. The van der Waals surface area contributed by atoms with E-state index < -0.39 is 0 Å². The molecule has 2 nitrogen and oxygen atoms in total. The average Bonchev–Trinajstić information content (AvgIpc) is 3.01. The molecule has 0 aliphatic rings. The lowest BCUT2D eigenvalue weighted by Crippen LogP contribution is -1.95. The van der Waals surface area contributed by atoms with Gasteiger partial charge in [0.05, 0.1) is 21.8 Å². The van der Waals surface area contributed by atoms with Crippen molar-refractivity contribution in [2.24, 2.45) is 0 Å². The normalized spacial score (nSPS) is 10.2. The molecule has 2 heterocycles. The highest BCUT2D eigenvalue weighted by molar-refractivity contribution is 7.13. The van der Waals surface area contributed by atoms with E-state index in [1.54, 1.807) is 11.3 Å². The first-order valence-corrected chi connectivity index (χ1v) is 7.18. The molecule has 0 atom stereocenters. The first-order valence-electron chi connectivity index (χ1n) is 6.30. The maximum absolute atomic E-state index is 9.39. The highest BCUT2D eigenvalue weighted by Crippen LogP contribution is 2.31. The fourth-order valence-corrected chi connectivity index (χ4v) is 2.90. The standard InChI is InChI=1S/C17H12N2S/c1-12-15(11-18)14(13-6-3-2-4-7-13)10-16(19-12)17-8-5-9-20-17/h2-10H,1H3. The first-order chi connectivity index (χ1) is 9.79. The zero-order valence-corrected chi connectivity index (χ0v) is 11.8. The zero-order chi connectivity index (χ0) is 13.9. The molecular formula is C17H12N2S. The molecule has 20 heavy (non-hydrogen) atoms. The van der Waals surface area contributed by atoms with Crippen LogP contribution in [0.5, 0.6) is 0 Å². The third-order valence-corrected chi connectivity index (χ3v) is 4.06. The lowest BCUT2D eigenvalue weighted by Gasteiger charge is -2.09. The number of nitrogens with zero attached hydrogens (tertiary/aromatic N) is 2. The van der Waals surface area contributed by atoms with Gasteiger partial charge < -0.3 is 0 Å². The van der Waals surface area contributed by atoms with Crippen molar-refractivity contribution < 1.29 is 0 Å². The molecule has 0 unspecified atom stereocenters. The maximum atomic E-state index is 9.39. The molecule has 0 fully saturated rings. The van der Waals surface area contributed by atoms with Crippen LogP contribution in [0.25, 0.3) is 21.7 Å². The minimum absolute atomic E-state index is 0.650. The van der Waals surface area contributed by atoms with Gasteiger partial charge in [-0.2, -0.15) is 5.26 Å². The number of hydrogen-bond acceptors (Lipinski definition) is 3. The van der Waals surface area contributed by atoms with Crippen LogP contribution in [0.4, 0.5) is 0 Å². The fraction of sp³-hybridized carbons (Fsp3) is 0.0588. The van der Waals surface area contributed by atoms with Crippen LogP contribution in [0.1, 0.15) is 11.3 Å². The van der Waals surface area contributed by atoms with E-state index in [0.717, 1.165) is 27.4 Å². The minimum Gasteiger partial charge on any atom is -0.251 e. The molecule has 0 radical (unpaired) electrons. The van der Waals surface area contributed by atoms with Crippen LogP contribution in [0, 0.1) is 18.3 Å². The largest absolute Gasteiger partial charge is 0.251 e. The number of hydrogen-bond donors (Lipinski definition) is 0. The van der Waals surface area contributed by atoms with Gasteiger partial charge in [0.15, 0.2) is 0 Å². The summed E-state index contributed by atoms with van der Waals surface area (Å²) in [5.41, 5.74) is 4.35. The number of rotatable bonds is 2. The van der Waals surface area contributed by atoms with Gasteiger partial charge in [-0.25, -0.2) is 0 Å². The van der Waals surface area contributed by atoms with E-state index in [1.807, 2.05) is 60.8 Å². The van der Waals surface area contributed by atoms with Crippen molar-refractivity contribution in [3.63, 3.8) is 0 Å². The molecule has 2 aromatic heterocycles. The summed E-state index contributed by atoms with van der Waals surface area (Å²) in [5, 5.41) is 11.4. The van der Waals surface area contributed by atoms with Gasteiger partial charge in [-0.1, -0.05) is 36.4 Å². The van der Waals surface area contributed by atoms with Crippen LogP contribution in [-0.4, -0.2) is 4.98 Å². The van der Waals surface area contributed by atoms with Crippen LogP contribution >= 0.6 is 11.3 Å². The highest BCUT2D eigenvalue weighted by Gasteiger charge is 2.12. The second kappa shape index (κ2) is 5.28.